The molecule has 0 spiro atoms. The van der Waals surface area contributed by atoms with E-state index in [1.165, 1.54) is 91.7 Å². The molecule has 0 unspecified atom stereocenters. The Morgan fingerprint density at radius 3 is 1.62 bits per heavy atom. The van der Waals surface area contributed by atoms with Crippen LogP contribution in [-0.2, 0) is 3.07 Å². The predicted molar refractivity (Wildman–Crippen MR) is 101 cm³/mol. The second kappa shape index (κ2) is 13.5. The van der Waals surface area contributed by atoms with E-state index in [-0.39, 0.29) is 0 Å². The third-order valence-corrected chi connectivity index (χ3v) is 23.8. The van der Waals surface area contributed by atoms with Crippen LogP contribution in [0.4, 0.5) is 0 Å². The fourth-order valence-electron chi connectivity index (χ4n) is 3.26. The number of hydrogen-bond acceptors (Lipinski definition) is 2. The summed E-state index contributed by atoms with van der Waals surface area (Å²) in [5.41, 5.74) is 0. The van der Waals surface area contributed by atoms with Gasteiger partial charge < -0.3 is 0 Å². The monoisotopic (exact) mass is 422 g/mol. The van der Waals surface area contributed by atoms with Crippen LogP contribution in [-0.4, -0.2) is 29.8 Å². The van der Waals surface area contributed by atoms with Gasteiger partial charge in [0, 0.05) is 0 Å². The first kappa shape index (κ1) is 20.2. The summed E-state index contributed by atoms with van der Waals surface area (Å²) in [4.78, 5) is 0. The molecule has 0 aliphatic carbocycles. The second-order valence-electron chi connectivity index (χ2n) is 6.64. The van der Waals surface area contributed by atoms with Gasteiger partial charge in [0.25, 0.3) is 0 Å². The molecule has 1 heterocycles. The minimum atomic E-state index is -2.15. The summed E-state index contributed by atoms with van der Waals surface area (Å²) in [6, 6.07) is 0. The summed E-state index contributed by atoms with van der Waals surface area (Å²) in [5, 5.41) is 0. The molecule has 126 valence electrons. The molecule has 1 aliphatic rings. The van der Waals surface area contributed by atoms with Gasteiger partial charge in [0.15, 0.2) is 0 Å². The number of rotatable bonds is 14. The molecule has 1 nitrogen and oxygen atoms in total. The summed E-state index contributed by atoms with van der Waals surface area (Å²) < 4.78 is 9.37. The predicted octanol–water partition coefficient (Wildman–Crippen LogP) is 6.91. The van der Waals surface area contributed by atoms with Crippen LogP contribution < -0.4 is 0 Å². The van der Waals surface area contributed by atoms with Crippen LogP contribution >= 0.6 is 8.95 Å². The molecular weight excluding hydrogens is 383 g/mol. The van der Waals surface area contributed by atoms with Gasteiger partial charge in [-0.25, -0.2) is 0 Å². The molecule has 3 heteroatoms. The minimum absolute atomic E-state index is 1.08. The first-order valence-corrected chi connectivity index (χ1v) is 19.3. The van der Waals surface area contributed by atoms with Crippen molar-refractivity contribution in [1.82, 2.24) is 0 Å². The van der Waals surface area contributed by atoms with Crippen molar-refractivity contribution in [2.45, 2.75) is 99.8 Å². The van der Waals surface area contributed by atoms with Crippen LogP contribution in [0.3, 0.4) is 0 Å². The third-order valence-electron chi connectivity index (χ3n) is 4.64. The summed E-state index contributed by atoms with van der Waals surface area (Å²) in [7, 11) is 2.31. The van der Waals surface area contributed by atoms with Gasteiger partial charge in [-0.05, 0) is 0 Å². The van der Waals surface area contributed by atoms with E-state index in [0.717, 1.165) is 6.61 Å². The van der Waals surface area contributed by atoms with Gasteiger partial charge in [0.1, 0.15) is 0 Å². The Balaban J connectivity index is 2.09. The average Bonchev–Trinajstić information content (AvgIpc) is 2.96. The Bertz CT molecular complexity index is 211. The zero-order valence-electron chi connectivity index (χ0n) is 14.6. The zero-order chi connectivity index (χ0) is 15.2. The van der Waals surface area contributed by atoms with E-state index < -0.39 is 17.4 Å². The first-order chi connectivity index (χ1) is 10.3. The van der Waals surface area contributed by atoms with Crippen LogP contribution in [0.5, 0.6) is 0 Å². The molecule has 21 heavy (non-hydrogen) atoms. The van der Waals surface area contributed by atoms with Crippen LogP contribution in [0.25, 0.3) is 0 Å². The molecule has 0 radical (unpaired) electrons. The summed E-state index contributed by atoms with van der Waals surface area (Å²) in [6.45, 7) is 5.68. The number of hydrogen-bond donors (Lipinski definition) is 0. The SMILES string of the molecule is CCCCCCC[CH2][Sn]1([CH2]CCCCCCC)[O]CC[S]1. The fraction of sp³-hybridized carbons (Fsp3) is 1.00. The first-order valence-electron chi connectivity index (χ1n) is 9.61. The van der Waals surface area contributed by atoms with E-state index in [4.69, 9.17) is 3.07 Å². The Kier molecular flexibility index (Phi) is 13.0. The molecule has 0 amide bonds. The molecule has 0 atom stereocenters. The topological polar surface area (TPSA) is 9.23 Å². The Morgan fingerprint density at radius 2 is 1.19 bits per heavy atom. The fourth-order valence-corrected chi connectivity index (χ4v) is 21.6. The Hall–Kier alpha value is 1.11. The van der Waals surface area contributed by atoms with Gasteiger partial charge in [0.05, 0.1) is 0 Å². The van der Waals surface area contributed by atoms with Gasteiger partial charge in [-0.1, -0.05) is 0 Å². The molecule has 0 N–H and O–H groups in total. The van der Waals surface area contributed by atoms with Crippen molar-refractivity contribution in [3.05, 3.63) is 0 Å². The zero-order valence-corrected chi connectivity index (χ0v) is 18.3. The average molecular weight is 421 g/mol. The van der Waals surface area contributed by atoms with Crippen LogP contribution in [0.15, 0.2) is 0 Å². The van der Waals surface area contributed by atoms with Gasteiger partial charge in [-0.15, -0.1) is 0 Å². The van der Waals surface area contributed by atoms with Crippen molar-refractivity contribution in [2.75, 3.05) is 12.4 Å². The van der Waals surface area contributed by atoms with E-state index in [1.54, 1.807) is 0 Å². The van der Waals surface area contributed by atoms with Crippen molar-refractivity contribution in [3.63, 3.8) is 0 Å². The van der Waals surface area contributed by atoms with Crippen molar-refractivity contribution in [2.24, 2.45) is 0 Å². The summed E-state index contributed by atoms with van der Waals surface area (Å²) in [6.07, 6.45) is 17.2. The van der Waals surface area contributed by atoms with Crippen LogP contribution in [0.2, 0.25) is 8.87 Å². The Labute approximate surface area is 141 Å². The molecule has 1 aliphatic heterocycles. The molecular formula is C18H38OSSn. The summed E-state index contributed by atoms with van der Waals surface area (Å²) >= 11 is -2.15. The molecule has 0 aromatic heterocycles. The van der Waals surface area contributed by atoms with Gasteiger partial charge in [-0.3, -0.25) is 0 Å². The van der Waals surface area contributed by atoms with E-state index in [0.29, 0.717) is 0 Å². The van der Waals surface area contributed by atoms with E-state index >= 15 is 0 Å². The van der Waals surface area contributed by atoms with E-state index in [2.05, 4.69) is 22.8 Å². The molecule has 1 rings (SSSR count). The molecule has 0 saturated carbocycles. The molecule has 0 aromatic rings. The van der Waals surface area contributed by atoms with Crippen molar-refractivity contribution >= 4 is 26.4 Å². The number of unbranched alkanes of at least 4 members (excludes halogenated alkanes) is 10. The molecule has 0 aromatic carbocycles. The van der Waals surface area contributed by atoms with Gasteiger partial charge in [-0.2, -0.15) is 0 Å². The molecule has 1 saturated heterocycles. The maximum absolute atomic E-state index is 6.37. The van der Waals surface area contributed by atoms with E-state index in [9.17, 15) is 0 Å². The van der Waals surface area contributed by atoms with E-state index in [1.807, 2.05) is 0 Å². The second-order valence-corrected chi connectivity index (χ2v) is 23.7. The van der Waals surface area contributed by atoms with Crippen molar-refractivity contribution in [3.8, 4) is 0 Å². The van der Waals surface area contributed by atoms with Crippen molar-refractivity contribution in [1.29, 1.82) is 0 Å². The van der Waals surface area contributed by atoms with Gasteiger partial charge in [0.2, 0.25) is 0 Å². The van der Waals surface area contributed by atoms with Crippen LogP contribution in [0, 0.1) is 0 Å². The quantitative estimate of drug-likeness (QED) is 0.223. The van der Waals surface area contributed by atoms with Crippen LogP contribution in [0.1, 0.15) is 90.9 Å². The standard InChI is InChI=1S/2C8H17.C2H5OS.Sn/c2*1-3-5-7-8-6-4-2;3-1-2-4;/h2*1,3-8H2,2H3;4H,1-2H2;/q;;-1;+2/p-1. The molecule has 0 bridgehead atoms. The van der Waals surface area contributed by atoms with Crippen molar-refractivity contribution < 1.29 is 3.07 Å². The maximum atomic E-state index is 6.37. The Morgan fingerprint density at radius 1 is 0.714 bits per heavy atom. The normalized spacial score (nSPS) is 17.4. The molecule has 1 fully saturated rings. The third kappa shape index (κ3) is 9.76. The van der Waals surface area contributed by atoms with Gasteiger partial charge >= 0.3 is 142 Å². The summed E-state index contributed by atoms with van der Waals surface area (Å²) in [5.74, 6) is 1.31.